The van der Waals surface area contributed by atoms with Crippen molar-refractivity contribution in [3.63, 3.8) is 0 Å². The Kier molecular flexibility index (Phi) is 5.49. The molecule has 7 rings (SSSR count). The number of carboxylic acids is 1. The number of hydrogen-bond acceptors (Lipinski definition) is 7. The number of carbonyl (C=O) groups is 1. The maximum atomic E-state index is 11.8. The maximum absolute atomic E-state index is 11.8. The van der Waals surface area contributed by atoms with Crippen molar-refractivity contribution in [3.05, 3.63) is 51.9 Å². The number of nitrogens with zero attached hydrogens (tertiary/aromatic N) is 5. The first-order chi connectivity index (χ1) is 17.3. The van der Waals surface area contributed by atoms with Gasteiger partial charge in [0.05, 0.1) is 22.8 Å². The van der Waals surface area contributed by atoms with Crippen molar-refractivity contribution in [2.24, 2.45) is 11.8 Å². The molecule has 4 fully saturated rings. The second kappa shape index (κ2) is 8.59. The number of aryl methyl sites for hydroxylation is 1. The Labute approximate surface area is 214 Å². The average Bonchev–Trinajstić information content (AvgIpc) is 2.83. The highest BCUT2D eigenvalue weighted by atomic mass is 35.5. The molecule has 1 atom stereocenters. The molecule has 0 unspecified atom stereocenters. The van der Waals surface area contributed by atoms with Gasteiger partial charge in [-0.3, -0.25) is 0 Å². The van der Waals surface area contributed by atoms with Crippen molar-refractivity contribution < 1.29 is 9.90 Å². The summed E-state index contributed by atoms with van der Waals surface area (Å²) in [7, 11) is 0. The molecule has 0 spiro atoms. The lowest BCUT2D eigenvalue weighted by molar-refractivity contribution is 0.0691. The number of nitriles is 1. The molecule has 184 valence electrons. The highest BCUT2D eigenvalue weighted by Crippen LogP contribution is 2.50. The number of piperidine rings is 2. The van der Waals surface area contributed by atoms with Crippen LogP contribution in [-0.2, 0) is 0 Å². The number of aromatic carboxylic acids is 1. The van der Waals surface area contributed by atoms with E-state index < -0.39 is 5.97 Å². The van der Waals surface area contributed by atoms with Crippen LogP contribution in [0.5, 0.6) is 0 Å². The Hall–Kier alpha value is -3.44. The number of fused-ring (bicyclic) bond motifs is 1. The van der Waals surface area contributed by atoms with Crippen molar-refractivity contribution >= 4 is 40.1 Å². The van der Waals surface area contributed by atoms with Crippen LogP contribution in [0.1, 0.15) is 72.4 Å². The van der Waals surface area contributed by atoms with Crippen molar-refractivity contribution in [2.75, 3.05) is 10.2 Å². The number of hydrogen-bond donors (Lipinski definition) is 2. The molecule has 2 aromatic heterocycles. The molecule has 0 radical (unpaired) electrons. The topological polar surface area (TPSA) is 115 Å². The molecule has 1 aromatic carbocycles. The second-order valence-electron chi connectivity index (χ2n) is 10.6. The van der Waals surface area contributed by atoms with E-state index in [4.69, 9.17) is 21.6 Å². The number of carboxylic acid groups (broad SMARTS) is 1. The zero-order chi connectivity index (χ0) is 25.1. The predicted octanol–water partition coefficient (Wildman–Crippen LogP) is 5.50. The molecule has 4 bridgehead atoms. The van der Waals surface area contributed by atoms with Crippen molar-refractivity contribution in [1.82, 2.24) is 15.0 Å². The lowest BCUT2D eigenvalue weighted by Gasteiger charge is -2.57. The fourth-order valence-electron chi connectivity index (χ4n) is 6.81. The number of anilines is 2. The van der Waals surface area contributed by atoms with Crippen LogP contribution in [-0.4, -0.2) is 38.1 Å². The van der Waals surface area contributed by atoms with Crippen molar-refractivity contribution in [3.8, 4) is 6.07 Å². The highest BCUT2D eigenvalue weighted by molar-refractivity contribution is 6.29. The first-order valence-electron chi connectivity index (χ1n) is 12.5. The van der Waals surface area contributed by atoms with Crippen LogP contribution in [0.15, 0.2) is 24.3 Å². The molecule has 2 aliphatic carbocycles. The summed E-state index contributed by atoms with van der Waals surface area (Å²) < 4.78 is 0. The van der Waals surface area contributed by atoms with Gasteiger partial charge in [0.25, 0.3) is 0 Å². The van der Waals surface area contributed by atoms with Crippen LogP contribution < -0.4 is 10.2 Å². The molecule has 2 saturated carbocycles. The predicted molar refractivity (Wildman–Crippen MR) is 137 cm³/mol. The van der Waals surface area contributed by atoms with Gasteiger partial charge in [0, 0.05) is 17.6 Å². The van der Waals surface area contributed by atoms with E-state index >= 15 is 0 Å². The number of halogens is 1. The van der Waals surface area contributed by atoms with Gasteiger partial charge in [0.1, 0.15) is 11.2 Å². The average molecular weight is 503 g/mol. The number of nitrogens with one attached hydrogen (secondary N) is 1. The van der Waals surface area contributed by atoms with Crippen LogP contribution in [0.2, 0.25) is 5.15 Å². The van der Waals surface area contributed by atoms with Gasteiger partial charge in [-0.25, -0.2) is 19.7 Å². The van der Waals surface area contributed by atoms with Crippen LogP contribution in [0, 0.1) is 30.1 Å². The standard InChI is InChI=1S/C27H27ClN6O2/c1-13-5-19(14(2)30-20-3-4-23(28)32-25(20)27(35)36)24-21(6-13)31-22(12-29)26(33-24)34-17-8-15-7-16(10-17)11-18(34)9-15/h3-6,14-18,30H,7-11H2,1-2H3,(H,35,36)/t14-,15?,16?,17?,18?/m1/s1. The molecule has 8 nitrogen and oxygen atoms in total. The quantitative estimate of drug-likeness (QED) is 0.439. The van der Waals surface area contributed by atoms with Gasteiger partial charge in [-0.05, 0) is 81.5 Å². The second-order valence-corrected chi connectivity index (χ2v) is 10.9. The van der Waals surface area contributed by atoms with Gasteiger partial charge in [-0.1, -0.05) is 17.7 Å². The molecule has 2 aliphatic heterocycles. The minimum atomic E-state index is -1.16. The largest absolute Gasteiger partial charge is 0.476 e. The van der Waals surface area contributed by atoms with E-state index in [0.29, 0.717) is 34.8 Å². The van der Waals surface area contributed by atoms with Gasteiger partial charge in [0.15, 0.2) is 17.2 Å². The third-order valence-electron chi connectivity index (χ3n) is 8.05. The molecule has 4 aliphatic rings. The lowest BCUT2D eigenvalue weighted by Crippen LogP contribution is -2.58. The minimum absolute atomic E-state index is 0.121. The molecule has 3 aromatic rings. The van der Waals surface area contributed by atoms with Gasteiger partial charge < -0.3 is 15.3 Å². The molecule has 2 saturated heterocycles. The zero-order valence-electron chi connectivity index (χ0n) is 20.2. The number of rotatable bonds is 5. The van der Waals surface area contributed by atoms with E-state index in [1.165, 1.54) is 6.42 Å². The first kappa shape index (κ1) is 23.0. The van der Waals surface area contributed by atoms with E-state index in [1.54, 1.807) is 12.1 Å². The van der Waals surface area contributed by atoms with Gasteiger partial charge in [0.2, 0.25) is 0 Å². The molecule has 9 heteroatoms. The summed E-state index contributed by atoms with van der Waals surface area (Å²) >= 11 is 5.93. The Morgan fingerprint density at radius 3 is 2.47 bits per heavy atom. The van der Waals surface area contributed by atoms with Crippen LogP contribution in [0.4, 0.5) is 11.5 Å². The smallest absolute Gasteiger partial charge is 0.356 e. The summed E-state index contributed by atoms with van der Waals surface area (Å²) in [6.45, 7) is 3.93. The van der Waals surface area contributed by atoms with Gasteiger partial charge in [-0.15, -0.1) is 0 Å². The third kappa shape index (κ3) is 3.82. The fourth-order valence-corrected chi connectivity index (χ4v) is 6.96. The first-order valence-corrected chi connectivity index (χ1v) is 12.9. The molecule has 36 heavy (non-hydrogen) atoms. The van der Waals surface area contributed by atoms with Gasteiger partial charge in [-0.2, -0.15) is 5.26 Å². The van der Waals surface area contributed by atoms with E-state index in [0.717, 1.165) is 54.2 Å². The molecular formula is C27H27ClN6O2. The summed E-state index contributed by atoms with van der Waals surface area (Å²) in [5.41, 5.74) is 3.88. The summed E-state index contributed by atoms with van der Waals surface area (Å²) in [6, 6.07) is 10.0. The summed E-state index contributed by atoms with van der Waals surface area (Å²) in [4.78, 5) is 28.0. The zero-order valence-corrected chi connectivity index (χ0v) is 21.0. The normalized spacial score (nSPS) is 25.1. The maximum Gasteiger partial charge on any atom is 0.356 e. The monoisotopic (exact) mass is 502 g/mol. The Bertz CT molecular complexity index is 1410. The highest BCUT2D eigenvalue weighted by Gasteiger charge is 2.48. The van der Waals surface area contributed by atoms with Crippen LogP contribution in [0.25, 0.3) is 11.0 Å². The third-order valence-corrected chi connectivity index (χ3v) is 8.26. The van der Waals surface area contributed by atoms with Crippen molar-refractivity contribution in [2.45, 2.75) is 64.1 Å². The summed E-state index contributed by atoms with van der Waals surface area (Å²) in [6.07, 6.45) is 6.01. The van der Waals surface area contributed by atoms with E-state index in [9.17, 15) is 15.2 Å². The number of aromatic nitrogens is 3. The molecule has 2 N–H and O–H groups in total. The van der Waals surface area contributed by atoms with Crippen molar-refractivity contribution in [1.29, 1.82) is 5.26 Å². The lowest BCUT2D eigenvalue weighted by atomic mass is 9.63. The summed E-state index contributed by atoms with van der Waals surface area (Å²) in [5.74, 6) is 1.12. The van der Waals surface area contributed by atoms with Crippen LogP contribution >= 0.6 is 11.6 Å². The molecular weight excluding hydrogens is 476 g/mol. The Morgan fingerprint density at radius 2 is 1.83 bits per heavy atom. The fraction of sp³-hybridized carbons (Fsp3) is 0.444. The van der Waals surface area contributed by atoms with Gasteiger partial charge >= 0.3 is 5.97 Å². The van der Waals surface area contributed by atoms with Crippen LogP contribution in [0.3, 0.4) is 0 Å². The number of pyridine rings is 1. The summed E-state index contributed by atoms with van der Waals surface area (Å²) in [5, 5.41) is 23.0. The number of benzene rings is 1. The van der Waals surface area contributed by atoms with E-state index in [1.807, 2.05) is 26.0 Å². The SMILES string of the molecule is Cc1cc([C@@H](C)Nc2ccc(Cl)nc2C(=O)O)c2nc(N3C4CC5CC(C4)CC3C5)c(C#N)nc2c1. The Balaban J connectivity index is 1.43. The molecule has 4 heterocycles. The van der Waals surface area contributed by atoms with E-state index in [-0.39, 0.29) is 16.9 Å². The molecule has 0 amide bonds. The minimum Gasteiger partial charge on any atom is -0.476 e. The van der Waals surface area contributed by atoms with E-state index in [2.05, 4.69) is 21.3 Å². The Morgan fingerprint density at radius 1 is 1.14 bits per heavy atom.